The van der Waals surface area contributed by atoms with Crippen LogP contribution in [0.3, 0.4) is 0 Å². The van der Waals surface area contributed by atoms with Crippen molar-refractivity contribution in [2.75, 3.05) is 6.61 Å². The van der Waals surface area contributed by atoms with Gasteiger partial charge in [0.1, 0.15) is 0 Å². The van der Waals surface area contributed by atoms with E-state index in [2.05, 4.69) is 0 Å². The fourth-order valence-corrected chi connectivity index (χ4v) is 3.19. The van der Waals surface area contributed by atoms with Crippen LogP contribution in [0.2, 0.25) is 0 Å². The van der Waals surface area contributed by atoms with Crippen LogP contribution in [-0.4, -0.2) is 34.6 Å². The van der Waals surface area contributed by atoms with Gasteiger partial charge in [-0.1, -0.05) is 48.5 Å². The van der Waals surface area contributed by atoms with Crippen molar-refractivity contribution in [3.05, 3.63) is 95.8 Å². The number of carbonyl (C=O) groups excluding carboxylic acids is 4. The maximum Gasteiger partial charge on any atom is 0.375 e. The number of nitrogens with zero attached hydrogens (tertiary/aromatic N) is 1. The van der Waals surface area contributed by atoms with E-state index in [4.69, 9.17) is 4.74 Å². The number of benzene rings is 2. The molecule has 3 aromatic rings. The Hall–Kier alpha value is -3.80. The summed E-state index contributed by atoms with van der Waals surface area (Å²) >= 11 is 0. The first-order chi connectivity index (χ1) is 14.5. The molecule has 0 aliphatic rings. The van der Waals surface area contributed by atoms with E-state index in [1.165, 1.54) is 16.8 Å². The average molecular weight is 403 g/mol. The van der Waals surface area contributed by atoms with Crippen molar-refractivity contribution in [3.8, 4) is 0 Å². The quantitative estimate of drug-likeness (QED) is 0.326. The standard InChI is InChI=1S/C24H21NO5/c1-2-30-24(29)22(27)19(17-10-5-3-6-11-17)16-21(26)20-14-9-15-25(20)23(28)18-12-7-4-8-13-18/h3-15,19H,2,16H2,1H3. The Morgan fingerprint density at radius 3 is 2.13 bits per heavy atom. The fourth-order valence-electron chi connectivity index (χ4n) is 3.19. The molecular formula is C24H21NO5. The molecule has 30 heavy (non-hydrogen) atoms. The predicted molar refractivity (Wildman–Crippen MR) is 110 cm³/mol. The molecule has 152 valence electrons. The van der Waals surface area contributed by atoms with Gasteiger partial charge in [0.05, 0.1) is 18.2 Å². The zero-order chi connectivity index (χ0) is 21.5. The van der Waals surface area contributed by atoms with Crippen molar-refractivity contribution < 1.29 is 23.9 Å². The number of esters is 1. The van der Waals surface area contributed by atoms with Crippen LogP contribution >= 0.6 is 0 Å². The van der Waals surface area contributed by atoms with Gasteiger partial charge >= 0.3 is 5.97 Å². The minimum Gasteiger partial charge on any atom is -0.460 e. The van der Waals surface area contributed by atoms with Crippen LogP contribution in [0, 0.1) is 0 Å². The minimum atomic E-state index is -0.993. The van der Waals surface area contributed by atoms with Crippen LogP contribution < -0.4 is 0 Å². The lowest BCUT2D eigenvalue weighted by Gasteiger charge is -2.15. The molecule has 6 nitrogen and oxygen atoms in total. The highest BCUT2D eigenvalue weighted by atomic mass is 16.5. The largest absolute Gasteiger partial charge is 0.460 e. The van der Waals surface area contributed by atoms with Crippen molar-refractivity contribution in [1.82, 2.24) is 4.57 Å². The van der Waals surface area contributed by atoms with E-state index in [0.29, 0.717) is 11.1 Å². The molecule has 1 unspecified atom stereocenters. The van der Waals surface area contributed by atoms with Gasteiger partial charge in [-0.05, 0) is 36.8 Å². The number of carbonyl (C=O) groups is 4. The molecule has 0 aliphatic carbocycles. The Morgan fingerprint density at radius 1 is 0.867 bits per heavy atom. The third-order valence-corrected chi connectivity index (χ3v) is 4.66. The molecule has 0 fully saturated rings. The number of Topliss-reactive ketones (excluding diaryl/α,β-unsaturated/α-hetero) is 2. The zero-order valence-corrected chi connectivity index (χ0v) is 16.5. The number of ether oxygens (including phenoxy) is 1. The van der Waals surface area contributed by atoms with E-state index < -0.39 is 23.5 Å². The lowest BCUT2D eigenvalue weighted by Crippen LogP contribution is -2.27. The fraction of sp³-hybridized carbons (Fsp3) is 0.167. The smallest absolute Gasteiger partial charge is 0.375 e. The van der Waals surface area contributed by atoms with Gasteiger partial charge in [0.15, 0.2) is 5.78 Å². The summed E-state index contributed by atoms with van der Waals surface area (Å²) in [7, 11) is 0. The molecule has 0 bridgehead atoms. The highest BCUT2D eigenvalue weighted by Gasteiger charge is 2.31. The molecule has 3 rings (SSSR count). The summed E-state index contributed by atoms with van der Waals surface area (Å²) < 4.78 is 6.10. The Morgan fingerprint density at radius 2 is 1.50 bits per heavy atom. The summed E-state index contributed by atoms with van der Waals surface area (Å²) in [4.78, 5) is 50.6. The van der Waals surface area contributed by atoms with Crippen molar-refractivity contribution in [2.24, 2.45) is 0 Å². The van der Waals surface area contributed by atoms with Gasteiger partial charge in [0.25, 0.3) is 5.91 Å². The highest BCUT2D eigenvalue weighted by molar-refractivity contribution is 6.36. The molecule has 1 heterocycles. The molecule has 1 atom stereocenters. The SMILES string of the molecule is CCOC(=O)C(=O)C(CC(=O)c1cccn1C(=O)c1ccccc1)c1ccccc1. The van der Waals surface area contributed by atoms with E-state index in [-0.39, 0.29) is 24.6 Å². The number of hydrogen-bond acceptors (Lipinski definition) is 5. The average Bonchev–Trinajstić information content (AvgIpc) is 3.28. The molecule has 6 heteroatoms. The predicted octanol–water partition coefficient (Wildman–Crippen LogP) is 3.67. The Labute approximate surface area is 174 Å². The van der Waals surface area contributed by atoms with Crippen molar-refractivity contribution >= 4 is 23.4 Å². The molecule has 0 saturated carbocycles. The molecule has 0 N–H and O–H groups in total. The molecule has 2 aromatic carbocycles. The molecule has 0 amide bonds. The van der Waals surface area contributed by atoms with Crippen LogP contribution in [-0.2, 0) is 14.3 Å². The number of aromatic nitrogens is 1. The van der Waals surface area contributed by atoms with Crippen molar-refractivity contribution in [2.45, 2.75) is 19.3 Å². The van der Waals surface area contributed by atoms with Crippen molar-refractivity contribution in [1.29, 1.82) is 0 Å². The second kappa shape index (κ2) is 9.60. The van der Waals surface area contributed by atoms with Gasteiger partial charge < -0.3 is 4.74 Å². The topological polar surface area (TPSA) is 82.4 Å². The maximum absolute atomic E-state index is 13.1. The lowest BCUT2D eigenvalue weighted by molar-refractivity contribution is -0.154. The van der Waals surface area contributed by atoms with E-state index in [1.54, 1.807) is 73.7 Å². The number of rotatable bonds is 8. The monoisotopic (exact) mass is 403 g/mol. The molecule has 0 aliphatic heterocycles. The first-order valence-corrected chi connectivity index (χ1v) is 9.59. The van der Waals surface area contributed by atoms with E-state index >= 15 is 0 Å². The zero-order valence-electron chi connectivity index (χ0n) is 16.5. The van der Waals surface area contributed by atoms with Gasteiger partial charge in [-0.15, -0.1) is 0 Å². The first kappa shape index (κ1) is 20.9. The Balaban J connectivity index is 1.89. The maximum atomic E-state index is 13.1. The van der Waals surface area contributed by atoms with Crippen LogP contribution in [0.15, 0.2) is 79.0 Å². The van der Waals surface area contributed by atoms with Gasteiger partial charge in [-0.2, -0.15) is 0 Å². The van der Waals surface area contributed by atoms with E-state index in [1.807, 2.05) is 0 Å². The lowest BCUT2D eigenvalue weighted by atomic mass is 9.89. The van der Waals surface area contributed by atoms with Crippen molar-refractivity contribution in [3.63, 3.8) is 0 Å². The molecule has 0 radical (unpaired) electrons. The summed E-state index contributed by atoms with van der Waals surface area (Å²) in [5, 5.41) is 0. The summed E-state index contributed by atoms with van der Waals surface area (Å²) in [6.45, 7) is 1.67. The third-order valence-electron chi connectivity index (χ3n) is 4.66. The highest BCUT2D eigenvalue weighted by Crippen LogP contribution is 2.24. The normalized spacial score (nSPS) is 11.5. The second-order valence-corrected chi connectivity index (χ2v) is 6.61. The van der Waals surface area contributed by atoms with Crippen LogP contribution in [0.5, 0.6) is 0 Å². The van der Waals surface area contributed by atoms with Gasteiger partial charge in [0.2, 0.25) is 5.78 Å². The number of hydrogen-bond donors (Lipinski definition) is 0. The molecular weight excluding hydrogens is 382 g/mol. The third kappa shape index (κ3) is 4.60. The summed E-state index contributed by atoms with van der Waals surface area (Å²) in [5.41, 5.74) is 1.13. The first-order valence-electron chi connectivity index (χ1n) is 9.59. The Kier molecular flexibility index (Phi) is 6.70. The second-order valence-electron chi connectivity index (χ2n) is 6.61. The van der Waals surface area contributed by atoms with Gasteiger partial charge in [-0.25, -0.2) is 4.79 Å². The van der Waals surface area contributed by atoms with Gasteiger partial charge in [-0.3, -0.25) is 19.0 Å². The molecule has 1 aromatic heterocycles. The van der Waals surface area contributed by atoms with Crippen LogP contribution in [0.1, 0.15) is 45.7 Å². The Bertz CT molecular complexity index is 1050. The van der Waals surface area contributed by atoms with E-state index in [9.17, 15) is 19.2 Å². The summed E-state index contributed by atoms with van der Waals surface area (Å²) in [6.07, 6.45) is 1.25. The van der Waals surface area contributed by atoms with Crippen LogP contribution in [0.25, 0.3) is 0 Å². The number of ketones is 2. The molecule has 0 spiro atoms. The molecule has 0 saturated heterocycles. The summed E-state index contributed by atoms with van der Waals surface area (Å²) in [5.74, 6) is -3.53. The minimum absolute atomic E-state index is 0.0639. The van der Waals surface area contributed by atoms with Crippen LogP contribution in [0.4, 0.5) is 0 Å². The van der Waals surface area contributed by atoms with Gasteiger partial charge in [0, 0.05) is 18.2 Å². The van der Waals surface area contributed by atoms with E-state index in [0.717, 1.165) is 0 Å². The summed E-state index contributed by atoms with van der Waals surface area (Å²) in [6, 6.07) is 20.3.